The number of benzene rings is 2. The molecule has 2 unspecified atom stereocenters. The number of carbonyl (C=O) groups is 1. The van der Waals surface area contributed by atoms with Crippen LogP contribution in [0.1, 0.15) is 43.0 Å². The Morgan fingerprint density at radius 3 is 2.49 bits per heavy atom. The molecular weight excluding hydrogens is 451 g/mol. The fourth-order valence-corrected chi connectivity index (χ4v) is 4.75. The zero-order valence-electron chi connectivity index (χ0n) is 19.9. The van der Waals surface area contributed by atoms with Crippen LogP contribution in [0.15, 0.2) is 78.5 Å². The summed E-state index contributed by atoms with van der Waals surface area (Å²) in [7, 11) is 0. The summed E-state index contributed by atoms with van der Waals surface area (Å²) in [5, 5.41) is 0. The van der Waals surface area contributed by atoms with Crippen LogP contribution in [0.4, 0.5) is 13.2 Å². The molecule has 2 aromatic carbocycles. The Morgan fingerprint density at radius 1 is 1.14 bits per heavy atom. The summed E-state index contributed by atoms with van der Waals surface area (Å²) in [4.78, 5) is 15.8. The third kappa shape index (κ3) is 5.35. The molecule has 0 bridgehead atoms. The van der Waals surface area contributed by atoms with E-state index < -0.39 is 11.7 Å². The van der Waals surface area contributed by atoms with Gasteiger partial charge in [0.1, 0.15) is 0 Å². The molecule has 35 heavy (non-hydrogen) atoms. The van der Waals surface area contributed by atoms with Gasteiger partial charge in [-0.3, -0.25) is 4.79 Å². The van der Waals surface area contributed by atoms with Gasteiger partial charge < -0.3 is 15.5 Å². The second-order valence-corrected chi connectivity index (χ2v) is 8.98. The highest BCUT2D eigenvalue weighted by Gasteiger charge is 2.31. The standard InChI is InChI=1S/C28H30F3N3O/c1-19(34-14-4-3-5-27(34)23-12-15-33(16-13-23)20(2)35)21-6-8-22(9-7-21)26-17-25(28(29,30)31)11-10-24(26)18-32/h3-12,14,17,19,27H,13,15-16,18,32H2,1-2H3. The number of hydrogen-bond acceptors (Lipinski definition) is 3. The number of alkyl halides is 3. The van der Waals surface area contributed by atoms with Gasteiger partial charge in [0, 0.05) is 32.8 Å². The lowest BCUT2D eigenvalue weighted by molar-refractivity contribution is -0.137. The fraction of sp³-hybridized carbons (Fsp3) is 0.321. The maximum absolute atomic E-state index is 13.3. The van der Waals surface area contributed by atoms with Crippen LogP contribution in [0.5, 0.6) is 0 Å². The Bertz CT molecular complexity index is 1160. The summed E-state index contributed by atoms with van der Waals surface area (Å²) in [6, 6.07) is 11.5. The average Bonchev–Trinajstić information content (AvgIpc) is 2.87. The van der Waals surface area contributed by atoms with Gasteiger partial charge in [-0.05, 0) is 59.4 Å². The van der Waals surface area contributed by atoms with Crippen molar-refractivity contribution in [3.8, 4) is 11.1 Å². The van der Waals surface area contributed by atoms with Crippen molar-refractivity contribution in [3.05, 3.63) is 95.2 Å². The van der Waals surface area contributed by atoms with Crippen LogP contribution in [0.2, 0.25) is 0 Å². The molecule has 0 saturated carbocycles. The summed E-state index contributed by atoms with van der Waals surface area (Å²) in [6.45, 7) is 5.21. The first-order valence-corrected chi connectivity index (χ1v) is 11.8. The van der Waals surface area contributed by atoms with Gasteiger partial charge in [-0.15, -0.1) is 0 Å². The minimum absolute atomic E-state index is 0.0393. The van der Waals surface area contributed by atoms with Crippen molar-refractivity contribution in [2.45, 2.75) is 45.1 Å². The number of hydrogen-bond donors (Lipinski definition) is 1. The van der Waals surface area contributed by atoms with Gasteiger partial charge >= 0.3 is 6.18 Å². The second-order valence-electron chi connectivity index (χ2n) is 8.98. The third-order valence-corrected chi connectivity index (χ3v) is 6.86. The lowest BCUT2D eigenvalue weighted by Crippen LogP contribution is -2.39. The Balaban J connectivity index is 1.57. The first kappa shape index (κ1) is 24.8. The Kier molecular flexibility index (Phi) is 7.17. The van der Waals surface area contributed by atoms with E-state index in [1.165, 1.54) is 17.7 Å². The summed E-state index contributed by atoms with van der Waals surface area (Å²) >= 11 is 0. The fourth-order valence-electron chi connectivity index (χ4n) is 4.75. The lowest BCUT2D eigenvalue weighted by atomic mass is 9.93. The predicted octanol–water partition coefficient (Wildman–Crippen LogP) is 5.82. The predicted molar refractivity (Wildman–Crippen MR) is 132 cm³/mol. The van der Waals surface area contributed by atoms with Crippen LogP contribution < -0.4 is 5.73 Å². The topological polar surface area (TPSA) is 49.6 Å². The van der Waals surface area contributed by atoms with Crippen molar-refractivity contribution in [1.29, 1.82) is 0 Å². The Labute approximate surface area is 204 Å². The number of allylic oxidation sites excluding steroid dienone is 2. The van der Waals surface area contributed by atoms with E-state index in [-0.39, 0.29) is 24.5 Å². The molecule has 0 aliphatic carbocycles. The molecule has 0 spiro atoms. The molecule has 184 valence electrons. The zero-order chi connectivity index (χ0) is 25.2. The smallest absolute Gasteiger partial charge is 0.361 e. The molecule has 2 atom stereocenters. The maximum Gasteiger partial charge on any atom is 0.416 e. The van der Waals surface area contributed by atoms with Crippen molar-refractivity contribution in [2.24, 2.45) is 5.73 Å². The largest absolute Gasteiger partial charge is 0.416 e. The van der Waals surface area contributed by atoms with Gasteiger partial charge in [-0.1, -0.05) is 48.6 Å². The van der Waals surface area contributed by atoms with Gasteiger partial charge in [0.2, 0.25) is 5.91 Å². The quantitative estimate of drug-likeness (QED) is 0.547. The molecule has 0 aromatic heterocycles. The normalized spacial score (nSPS) is 19.0. The van der Waals surface area contributed by atoms with E-state index in [4.69, 9.17) is 5.73 Å². The molecule has 0 radical (unpaired) electrons. The molecule has 0 saturated heterocycles. The molecule has 2 heterocycles. The zero-order valence-corrected chi connectivity index (χ0v) is 19.9. The average molecular weight is 482 g/mol. The molecule has 7 heteroatoms. The van der Waals surface area contributed by atoms with Gasteiger partial charge in [-0.2, -0.15) is 13.2 Å². The van der Waals surface area contributed by atoms with Crippen molar-refractivity contribution in [1.82, 2.24) is 9.80 Å². The first-order chi connectivity index (χ1) is 16.7. The van der Waals surface area contributed by atoms with Crippen LogP contribution in [-0.2, 0) is 17.5 Å². The van der Waals surface area contributed by atoms with Crippen molar-refractivity contribution in [2.75, 3.05) is 13.1 Å². The van der Waals surface area contributed by atoms with E-state index in [1.807, 2.05) is 41.3 Å². The van der Waals surface area contributed by atoms with Crippen LogP contribution in [-0.4, -0.2) is 34.8 Å². The van der Waals surface area contributed by atoms with Crippen LogP contribution in [0, 0.1) is 0 Å². The van der Waals surface area contributed by atoms with Crippen molar-refractivity contribution >= 4 is 5.91 Å². The van der Waals surface area contributed by atoms with Crippen LogP contribution in [0.25, 0.3) is 11.1 Å². The van der Waals surface area contributed by atoms with Crippen molar-refractivity contribution in [3.63, 3.8) is 0 Å². The molecule has 2 N–H and O–H groups in total. The Hall–Kier alpha value is -3.32. The van der Waals surface area contributed by atoms with Gasteiger partial charge in [0.05, 0.1) is 17.6 Å². The number of carbonyl (C=O) groups excluding carboxylic acids is 1. The minimum atomic E-state index is -4.41. The van der Waals surface area contributed by atoms with Crippen LogP contribution >= 0.6 is 0 Å². The summed E-state index contributed by atoms with van der Waals surface area (Å²) < 4.78 is 39.8. The van der Waals surface area contributed by atoms with E-state index in [0.29, 0.717) is 29.8 Å². The molecule has 2 aliphatic rings. The monoisotopic (exact) mass is 481 g/mol. The highest BCUT2D eigenvalue weighted by Crippen LogP contribution is 2.36. The summed E-state index contributed by atoms with van der Waals surface area (Å²) in [5.41, 5.74) is 9.34. The number of halogens is 3. The molecule has 1 amide bonds. The van der Waals surface area contributed by atoms with E-state index in [2.05, 4.69) is 30.2 Å². The molecule has 2 aliphatic heterocycles. The molecule has 4 nitrogen and oxygen atoms in total. The molecular formula is C28H30F3N3O. The maximum atomic E-state index is 13.3. The van der Waals surface area contributed by atoms with E-state index >= 15 is 0 Å². The highest BCUT2D eigenvalue weighted by atomic mass is 19.4. The number of nitrogens with zero attached hydrogens (tertiary/aromatic N) is 2. The second kappa shape index (κ2) is 10.1. The molecule has 2 aromatic rings. The minimum Gasteiger partial charge on any atom is -0.361 e. The van der Waals surface area contributed by atoms with E-state index in [9.17, 15) is 18.0 Å². The SMILES string of the molecule is CC(=O)N1CC=C(C2C=CC=CN2C(C)c2ccc(-c3cc(C(F)(F)F)ccc3CN)cc2)CC1. The summed E-state index contributed by atoms with van der Waals surface area (Å²) in [6.07, 6.45) is 6.83. The summed E-state index contributed by atoms with van der Waals surface area (Å²) in [5.74, 6) is 0.0864. The highest BCUT2D eigenvalue weighted by molar-refractivity contribution is 5.73. The Morgan fingerprint density at radius 2 is 1.89 bits per heavy atom. The van der Waals surface area contributed by atoms with Gasteiger partial charge in [-0.25, -0.2) is 0 Å². The molecule has 0 fully saturated rings. The van der Waals surface area contributed by atoms with Crippen LogP contribution in [0.3, 0.4) is 0 Å². The van der Waals surface area contributed by atoms with Gasteiger partial charge in [0.15, 0.2) is 0 Å². The molecule has 4 rings (SSSR count). The number of nitrogens with two attached hydrogens (primary N) is 1. The van der Waals surface area contributed by atoms with Crippen molar-refractivity contribution < 1.29 is 18.0 Å². The first-order valence-electron chi connectivity index (χ1n) is 11.8. The third-order valence-electron chi connectivity index (χ3n) is 6.86. The van der Waals surface area contributed by atoms with E-state index in [1.54, 1.807) is 6.92 Å². The van der Waals surface area contributed by atoms with E-state index in [0.717, 1.165) is 18.1 Å². The lowest BCUT2D eigenvalue weighted by Gasteiger charge is -2.39. The number of amides is 1. The van der Waals surface area contributed by atoms with Gasteiger partial charge in [0.25, 0.3) is 0 Å². The number of rotatable bonds is 5.